The summed E-state index contributed by atoms with van der Waals surface area (Å²) in [5.41, 5.74) is 0.966. The molecule has 1 aliphatic rings. The van der Waals surface area contributed by atoms with Crippen LogP contribution in [0, 0.1) is 0 Å². The molecule has 0 spiro atoms. The van der Waals surface area contributed by atoms with Crippen molar-refractivity contribution in [3.63, 3.8) is 0 Å². The molecule has 0 saturated carbocycles. The summed E-state index contributed by atoms with van der Waals surface area (Å²) in [6, 6.07) is 18.4. The number of amides is 1. The van der Waals surface area contributed by atoms with Crippen LogP contribution in [0.3, 0.4) is 0 Å². The fourth-order valence-electron chi connectivity index (χ4n) is 2.18. The molecule has 1 heterocycles. The summed E-state index contributed by atoms with van der Waals surface area (Å²) in [7, 11) is 0. The molecule has 1 saturated heterocycles. The zero-order valence-corrected chi connectivity index (χ0v) is 12.0. The van der Waals surface area contributed by atoms with E-state index in [1.165, 1.54) is 0 Å². The molecule has 0 aromatic heterocycles. The lowest BCUT2D eigenvalue weighted by molar-refractivity contribution is -0.193. The van der Waals surface area contributed by atoms with Crippen molar-refractivity contribution in [2.45, 2.75) is 12.3 Å². The van der Waals surface area contributed by atoms with E-state index in [1.54, 1.807) is 24.3 Å². The van der Waals surface area contributed by atoms with E-state index in [-0.39, 0.29) is 12.3 Å². The molecule has 2 aromatic rings. The van der Waals surface area contributed by atoms with Gasteiger partial charge in [0, 0.05) is 5.56 Å². The number of rotatable bonds is 3. The number of carbonyl (C=O) groups is 1. The van der Waals surface area contributed by atoms with Gasteiger partial charge in [0.25, 0.3) is 0 Å². The van der Waals surface area contributed by atoms with Crippen molar-refractivity contribution >= 4 is 6.09 Å². The second-order valence-corrected chi connectivity index (χ2v) is 4.95. The molecule has 1 N–H and O–H groups in total. The summed E-state index contributed by atoms with van der Waals surface area (Å²) < 4.78 is 16.4. The topological polar surface area (TPSA) is 56.8 Å². The maximum atomic E-state index is 11.8. The minimum absolute atomic E-state index is 0.226. The number of hydrogen-bond donors (Lipinski definition) is 1. The first-order valence-corrected chi connectivity index (χ1v) is 7.13. The number of nitrogens with one attached hydrogen (secondary N) is 1. The smallest absolute Gasteiger partial charge is 0.410 e. The van der Waals surface area contributed by atoms with Gasteiger partial charge < -0.3 is 19.5 Å². The first-order chi connectivity index (χ1) is 10.8. The molecule has 5 nitrogen and oxygen atoms in total. The lowest BCUT2D eigenvalue weighted by atomic mass is 10.2. The Morgan fingerprint density at radius 3 is 2.18 bits per heavy atom. The van der Waals surface area contributed by atoms with Crippen molar-refractivity contribution in [2.24, 2.45) is 0 Å². The van der Waals surface area contributed by atoms with Crippen LogP contribution in [-0.2, 0) is 9.47 Å². The van der Waals surface area contributed by atoms with E-state index >= 15 is 0 Å². The van der Waals surface area contributed by atoms with E-state index in [4.69, 9.17) is 14.2 Å². The Hall–Kier alpha value is -2.37. The largest absolute Gasteiger partial charge is 0.412 e. The SMILES string of the molecule is O=C(NC1COC(c2ccccc2)OC1)Oc1ccccc1. The highest BCUT2D eigenvalue weighted by Gasteiger charge is 2.25. The normalized spacial score (nSPS) is 21.1. The molecular weight excluding hydrogens is 282 g/mol. The quantitative estimate of drug-likeness (QED) is 0.947. The second kappa shape index (κ2) is 7.06. The lowest BCUT2D eigenvalue weighted by Gasteiger charge is -2.29. The molecule has 1 aliphatic heterocycles. The molecule has 0 radical (unpaired) electrons. The van der Waals surface area contributed by atoms with Crippen molar-refractivity contribution in [2.75, 3.05) is 13.2 Å². The average molecular weight is 299 g/mol. The molecule has 1 fully saturated rings. The van der Waals surface area contributed by atoms with Gasteiger partial charge in [-0.15, -0.1) is 0 Å². The van der Waals surface area contributed by atoms with Crippen LogP contribution in [-0.4, -0.2) is 25.3 Å². The first kappa shape index (κ1) is 14.6. The standard InChI is InChI=1S/C17H17NO4/c19-17(22-15-9-5-2-6-10-15)18-14-11-20-16(21-12-14)13-7-3-1-4-8-13/h1-10,14,16H,11-12H2,(H,18,19). The molecule has 1 amide bonds. The Balaban J connectivity index is 1.47. The van der Waals surface area contributed by atoms with Gasteiger partial charge in [-0.25, -0.2) is 4.79 Å². The van der Waals surface area contributed by atoms with Gasteiger partial charge in [0.2, 0.25) is 0 Å². The van der Waals surface area contributed by atoms with Crippen LogP contribution in [0.25, 0.3) is 0 Å². The molecule has 3 rings (SSSR count). The summed E-state index contributed by atoms with van der Waals surface area (Å²) in [6.07, 6.45) is -0.897. The van der Waals surface area contributed by atoms with Gasteiger partial charge in [-0.05, 0) is 12.1 Å². The van der Waals surface area contributed by atoms with Crippen LogP contribution in [0.1, 0.15) is 11.9 Å². The monoisotopic (exact) mass is 299 g/mol. The van der Waals surface area contributed by atoms with Gasteiger partial charge in [-0.3, -0.25) is 0 Å². The number of ether oxygens (including phenoxy) is 3. The van der Waals surface area contributed by atoms with Gasteiger partial charge in [0.1, 0.15) is 5.75 Å². The Kier molecular flexibility index (Phi) is 4.68. The van der Waals surface area contributed by atoms with Crippen LogP contribution >= 0.6 is 0 Å². The molecule has 0 bridgehead atoms. The minimum Gasteiger partial charge on any atom is -0.410 e. The summed E-state index contributed by atoms with van der Waals surface area (Å²) >= 11 is 0. The Bertz CT molecular complexity index is 595. The molecular formula is C17H17NO4. The minimum atomic E-state index is -0.512. The van der Waals surface area contributed by atoms with Gasteiger partial charge >= 0.3 is 6.09 Å². The van der Waals surface area contributed by atoms with Crippen LogP contribution < -0.4 is 10.1 Å². The second-order valence-electron chi connectivity index (χ2n) is 4.95. The van der Waals surface area contributed by atoms with Gasteiger partial charge in [0.15, 0.2) is 6.29 Å². The van der Waals surface area contributed by atoms with E-state index in [0.29, 0.717) is 19.0 Å². The van der Waals surface area contributed by atoms with Crippen molar-refractivity contribution in [3.8, 4) is 5.75 Å². The zero-order chi connectivity index (χ0) is 15.2. The van der Waals surface area contributed by atoms with Crippen molar-refractivity contribution in [1.82, 2.24) is 5.32 Å². The Morgan fingerprint density at radius 1 is 0.955 bits per heavy atom. The average Bonchev–Trinajstić information content (AvgIpc) is 2.57. The molecule has 114 valence electrons. The van der Waals surface area contributed by atoms with Crippen molar-refractivity contribution < 1.29 is 19.0 Å². The van der Waals surface area contributed by atoms with Crippen LogP contribution in [0.2, 0.25) is 0 Å². The molecule has 2 aromatic carbocycles. The highest BCUT2D eigenvalue weighted by Crippen LogP contribution is 2.22. The van der Waals surface area contributed by atoms with Gasteiger partial charge in [0.05, 0.1) is 19.3 Å². The van der Waals surface area contributed by atoms with Crippen LogP contribution in [0.5, 0.6) is 5.75 Å². The maximum absolute atomic E-state index is 11.8. The number of benzene rings is 2. The van der Waals surface area contributed by atoms with Crippen molar-refractivity contribution in [3.05, 3.63) is 66.2 Å². The van der Waals surface area contributed by atoms with E-state index in [0.717, 1.165) is 5.56 Å². The third-order valence-corrected chi connectivity index (χ3v) is 3.25. The Labute approximate surface area is 128 Å². The van der Waals surface area contributed by atoms with E-state index in [9.17, 15) is 4.79 Å². The molecule has 5 heteroatoms. The molecule has 0 unspecified atom stereocenters. The van der Waals surface area contributed by atoms with Gasteiger partial charge in [-0.2, -0.15) is 0 Å². The highest BCUT2D eigenvalue weighted by atomic mass is 16.7. The number of hydrogen-bond acceptors (Lipinski definition) is 4. The van der Waals surface area contributed by atoms with Gasteiger partial charge in [-0.1, -0.05) is 48.5 Å². The van der Waals surface area contributed by atoms with E-state index < -0.39 is 6.09 Å². The number of para-hydroxylation sites is 1. The predicted octanol–water partition coefficient (Wildman–Crippen LogP) is 2.89. The molecule has 0 atom stereocenters. The summed E-state index contributed by atoms with van der Waals surface area (Å²) in [5.74, 6) is 0.500. The van der Waals surface area contributed by atoms with E-state index in [2.05, 4.69) is 5.32 Å². The predicted molar refractivity (Wildman–Crippen MR) is 80.5 cm³/mol. The maximum Gasteiger partial charge on any atom is 0.412 e. The summed E-state index contributed by atoms with van der Waals surface area (Å²) in [6.45, 7) is 0.757. The third-order valence-electron chi connectivity index (χ3n) is 3.25. The fourth-order valence-corrected chi connectivity index (χ4v) is 2.18. The fraction of sp³-hybridized carbons (Fsp3) is 0.235. The van der Waals surface area contributed by atoms with Crippen molar-refractivity contribution in [1.29, 1.82) is 0 Å². The first-order valence-electron chi connectivity index (χ1n) is 7.13. The number of carbonyl (C=O) groups excluding carboxylic acids is 1. The van der Waals surface area contributed by atoms with Crippen LogP contribution in [0.4, 0.5) is 4.79 Å². The molecule has 0 aliphatic carbocycles. The molecule has 22 heavy (non-hydrogen) atoms. The third kappa shape index (κ3) is 3.84. The zero-order valence-electron chi connectivity index (χ0n) is 12.0. The van der Waals surface area contributed by atoms with Crippen LogP contribution in [0.15, 0.2) is 60.7 Å². The lowest BCUT2D eigenvalue weighted by Crippen LogP contribution is -2.46. The summed E-state index contributed by atoms with van der Waals surface area (Å²) in [4.78, 5) is 11.8. The Morgan fingerprint density at radius 2 is 1.55 bits per heavy atom. The highest BCUT2D eigenvalue weighted by molar-refractivity contribution is 5.70. The van der Waals surface area contributed by atoms with E-state index in [1.807, 2.05) is 36.4 Å². The summed E-state index contributed by atoms with van der Waals surface area (Å²) in [5, 5.41) is 2.73.